The lowest BCUT2D eigenvalue weighted by atomic mass is 9.93. The molecule has 4 rings (SSSR count). The fourth-order valence-electron chi connectivity index (χ4n) is 4.16. The van der Waals surface area contributed by atoms with E-state index in [9.17, 15) is 13.2 Å². The molecule has 0 radical (unpaired) electrons. The average Bonchev–Trinajstić information content (AvgIpc) is 3.08. The maximum Gasteiger partial charge on any atom is 0.257 e. The molecule has 0 spiro atoms. The second-order valence-corrected chi connectivity index (χ2v) is 9.42. The summed E-state index contributed by atoms with van der Waals surface area (Å²) in [6.07, 6.45) is 3.73. The predicted octanol–water partition coefficient (Wildman–Crippen LogP) is 2.18. The molecule has 8 nitrogen and oxygen atoms in total. The van der Waals surface area contributed by atoms with Crippen molar-refractivity contribution in [2.24, 2.45) is 5.92 Å². The van der Waals surface area contributed by atoms with Crippen LogP contribution in [0, 0.1) is 12.8 Å². The first kappa shape index (κ1) is 19.9. The van der Waals surface area contributed by atoms with E-state index in [2.05, 4.69) is 22.1 Å². The van der Waals surface area contributed by atoms with Crippen LogP contribution in [0.1, 0.15) is 42.2 Å². The number of carbonyl (C=O) groups excluding carboxylic acids is 1. The Morgan fingerprint density at radius 2 is 1.97 bits per heavy atom. The minimum atomic E-state index is -3.53. The number of nitrogens with one attached hydrogen (secondary N) is 2. The van der Waals surface area contributed by atoms with Gasteiger partial charge in [-0.15, -0.1) is 0 Å². The number of rotatable bonds is 4. The summed E-state index contributed by atoms with van der Waals surface area (Å²) < 4.78 is 29.7. The molecule has 2 aliphatic rings. The van der Waals surface area contributed by atoms with E-state index in [0.717, 1.165) is 31.5 Å². The topological polar surface area (TPSA) is 96.3 Å². The zero-order valence-corrected chi connectivity index (χ0v) is 17.6. The van der Waals surface area contributed by atoms with Crippen LogP contribution in [0.25, 0.3) is 0 Å². The summed E-state index contributed by atoms with van der Waals surface area (Å²) in [7, 11) is -3.53. The van der Waals surface area contributed by atoms with Crippen LogP contribution in [0.15, 0.2) is 35.4 Å². The summed E-state index contributed by atoms with van der Waals surface area (Å²) in [5.41, 5.74) is 2.19. The summed E-state index contributed by atoms with van der Waals surface area (Å²) in [5.74, 6) is 0.122. The van der Waals surface area contributed by atoms with Crippen molar-refractivity contribution in [2.75, 3.05) is 18.4 Å². The SMILES string of the molecule is CCCn1ncc(C(=O)N2CCC(C3Nc4ccccc4S(=O)(=O)N3)CC2)c1C. The third-order valence-corrected chi connectivity index (χ3v) is 7.34. The van der Waals surface area contributed by atoms with Gasteiger partial charge in [0.25, 0.3) is 5.91 Å². The molecule has 9 heteroatoms. The third kappa shape index (κ3) is 3.76. The molecule has 2 N–H and O–H groups in total. The second kappa shape index (κ2) is 7.79. The molecular weight excluding hydrogens is 390 g/mol. The number of aryl methyl sites for hydroxylation is 1. The zero-order chi connectivity index (χ0) is 20.6. The molecule has 0 aliphatic carbocycles. The third-order valence-electron chi connectivity index (χ3n) is 5.84. The highest BCUT2D eigenvalue weighted by atomic mass is 32.2. The van der Waals surface area contributed by atoms with E-state index in [0.29, 0.717) is 24.3 Å². The van der Waals surface area contributed by atoms with Gasteiger partial charge in [0.15, 0.2) is 0 Å². The van der Waals surface area contributed by atoms with Crippen molar-refractivity contribution in [3.63, 3.8) is 0 Å². The fraction of sp³-hybridized carbons (Fsp3) is 0.500. The largest absolute Gasteiger partial charge is 0.368 e. The number of para-hydroxylation sites is 1. The number of aromatic nitrogens is 2. The molecule has 1 atom stereocenters. The predicted molar refractivity (Wildman–Crippen MR) is 110 cm³/mol. The Morgan fingerprint density at radius 3 is 2.69 bits per heavy atom. The van der Waals surface area contributed by atoms with Crippen LogP contribution in [0.4, 0.5) is 5.69 Å². The van der Waals surface area contributed by atoms with Gasteiger partial charge in [-0.2, -0.15) is 9.82 Å². The lowest BCUT2D eigenvalue weighted by molar-refractivity contribution is 0.0678. The van der Waals surface area contributed by atoms with Gasteiger partial charge >= 0.3 is 0 Å². The van der Waals surface area contributed by atoms with Crippen LogP contribution < -0.4 is 10.0 Å². The normalized spacial score (nSPS) is 21.4. The number of hydrogen-bond acceptors (Lipinski definition) is 5. The Kier molecular flexibility index (Phi) is 5.35. The van der Waals surface area contributed by atoms with E-state index >= 15 is 0 Å². The molecule has 1 amide bonds. The summed E-state index contributed by atoms with van der Waals surface area (Å²) in [6.45, 7) is 6.02. The number of benzene rings is 1. The van der Waals surface area contributed by atoms with E-state index in [1.807, 2.05) is 22.6 Å². The minimum Gasteiger partial charge on any atom is -0.368 e. The zero-order valence-electron chi connectivity index (χ0n) is 16.8. The first-order chi connectivity index (χ1) is 13.9. The van der Waals surface area contributed by atoms with E-state index in [1.165, 1.54) is 0 Å². The molecule has 1 unspecified atom stereocenters. The van der Waals surface area contributed by atoms with Crippen LogP contribution in [-0.2, 0) is 16.6 Å². The molecule has 156 valence electrons. The van der Waals surface area contributed by atoms with Gasteiger partial charge in [0.2, 0.25) is 10.0 Å². The highest BCUT2D eigenvalue weighted by Crippen LogP contribution is 2.31. The van der Waals surface area contributed by atoms with Crippen molar-refractivity contribution in [1.29, 1.82) is 0 Å². The number of anilines is 1. The van der Waals surface area contributed by atoms with Crippen molar-refractivity contribution in [3.05, 3.63) is 41.7 Å². The van der Waals surface area contributed by atoms with Gasteiger partial charge in [0, 0.05) is 25.3 Å². The molecule has 1 saturated heterocycles. The van der Waals surface area contributed by atoms with Gasteiger partial charge in [0.1, 0.15) is 4.90 Å². The van der Waals surface area contributed by atoms with Gasteiger partial charge < -0.3 is 10.2 Å². The van der Waals surface area contributed by atoms with Crippen LogP contribution >= 0.6 is 0 Å². The van der Waals surface area contributed by atoms with Gasteiger partial charge in [-0.25, -0.2) is 8.42 Å². The second-order valence-electron chi connectivity index (χ2n) is 7.74. The van der Waals surface area contributed by atoms with E-state index in [4.69, 9.17) is 0 Å². The smallest absolute Gasteiger partial charge is 0.257 e. The van der Waals surface area contributed by atoms with Crippen LogP contribution in [0.5, 0.6) is 0 Å². The molecular formula is C20H27N5O3S. The Labute approximate surface area is 171 Å². The van der Waals surface area contributed by atoms with Crippen molar-refractivity contribution >= 4 is 21.6 Å². The summed E-state index contributed by atoms with van der Waals surface area (Å²) >= 11 is 0. The molecule has 29 heavy (non-hydrogen) atoms. The lowest BCUT2D eigenvalue weighted by Gasteiger charge is -2.38. The van der Waals surface area contributed by atoms with Crippen LogP contribution in [-0.4, -0.2) is 48.3 Å². The number of piperidine rings is 1. The highest BCUT2D eigenvalue weighted by Gasteiger charge is 2.36. The van der Waals surface area contributed by atoms with Gasteiger partial charge in [-0.05, 0) is 44.2 Å². The van der Waals surface area contributed by atoms with Crippen molar-refractivity contribution in [3.8, 4) is 0 Å². The molecule has 1 fully saturated rings. The number of fused-ring (bicyclic) bond motifs is 1. The first-order valence-electron chi connectivity index (χ1n) is 10.1. The Morgan fingerprint density at radius 1 is 1.24 bits per heavy atom. The van der Waals surface area contributed by atoms with E-state index in [1.54, 1.807) is 24.4 Å². The van der Waals surface area contributed by atoms with Gasteiger partial charge in [-0.3, -0.25) is 9.48 Å². The number of likely N-dealkylation sites (tertiary alicyclic amines) is 1. The monoisotopic (exact) mass is 417 g/mol. The Hall–Kier alpha value is -2.39. The molecule has 0 bridgehead atoms. The maximum atomic E-state index is 12.9. The standard InChI is InChI=1S/C20H27N5O3S/c1-3-10-25-14(2)16(13-21-25)20(26)24-11-8-15(9-12-24)19-22-17-6-4-5-7-18(17)29(27,28)23-19/h4-7,13,15,19,22-23H,3,8-12H2,1-2H3. The minimum absolute atomic E-state index is 0.00540. The van der Waals surface area contributed by atoms with Crippen LogP contribution in [0.3, 0.4) is 0 Å². The fourth-order valence-corrected chi connectivity index (χ4v) is 5.55. The molecule has 1 aromatic heterocycles. The average molecular weight is 418 g/mol. The molecule has 2 aliphatic heterocycles. The summed E-state index contributed by atoms with van der Waals surface area (Å²) in [6, 6.07) is 6.93. The number of hydrogen-bond donors (Lipinski definition) is 2. The highest BCUT2D eigenvalue weighted by molar-refractivity contribution is 7.89. The molecule has 2 aromatic rings. The molecule has 1 aromatic carbocycles. The van der Waals surface area contributed by atoms with E-state index < -0.39 is 10.0 Å². The lowest BCUT2D eigenvalue weighted by Crippen LogP contribution is -2.52. The van der Waals surface area contributed by atoms with Gasteiger partial charge in [0.05, 0.1) is 23.6 Å². The van der Waals surface area contributed by atoms with Crippen LogP contribution in [0.2, 0.25) is 0 Å². The first-order valence-corrected chi connectivity index (χ1v) is 11.6. The number of sulfonamides is 1. The summed E-state index contributed by atoms with van der Waals surface area (Å²) in [5, 5.41) is 7.65. The molecule has 3 heterocycles. The maximum absolute atomic E-state index is 12.9. The molecule has 0 saturated carbocycles. The Balaban J connectivity index is 1.42. The van der Waals surface area contributed by atoms with Crippen molar-refractivity contribution < 1.29 is 13.2 Å². The van der Waals surface area contributed by atoms with Crippen molar-refractivity contribution in [1.82, 2.24) is 19.4 Å². The van der Waals surface area contributed by atoms with Crippen molar-refractivity contribution in [2.45, 2.75) is 50.7 Å². The number of nitrogens with zero attached hydrogens (tertiary/aromatic N) is 3. The number of carbonyl (C=O) groups is 1. The Bertz CT molecular complexity index is 1010. The van der Waals surface area contributed by atoms with E-state index in [-0.39, 0.29) is 22.9 Å². The summed E-state index contributed by atoms with van der Waals surface area (Å²) in [4.78, 5) is 15.1. The number of amides is 1. The van der Waals surface area contributed by atoms with Gasteiger partial charge in [-0.1, -0.05) is 19.1 Å². The quantitative estimate of drug-likeness (QED) is 0.795.